The van der Waals surface area contributed by atoms with Gasteiger partial charge in [0.25, 0.3) is 5.91 Å². The van der Waals surface area contributed by atoms with Crippen LogP contribution in [0.1, 0.15) is 37.2 Å². The highest BCUT2D eigenvalue weighted by Gasteiger charge is 2.33. The van der Waals surface area contributed by atoms with Gasteiger partial charge in [0.05, 0.1) is 12.4 Å². The number of nitrogen functional groups attached to an aromatic ring is 1. The van der Waals surface area contributed by atoms with Gasteiger partial charge in [-0.05, 0) is 18.8 Å². The second kappa shape index (κ2) is 5.30. The number of hydrazine groups is 1. The Balaban J connectivity index is 2.11. The van der Waals surface area contributed by atoms with Crippen molar-refractivity contribution in [1.29, 1.82) is 0 Å². The number of carbonyl (C=O) groups is 1. The van der Waals surface area contributed by atoms with Gasteiger partial charge in [-0.15, -0.1) is 0 Å². The Labute approximate surface area is 107 Å². The standard InChI is InChI=1S/C12H19N5O/c1-8(2)7-17(9-3-4-9)12(18)10-5-15-11(16-13)6-14-10/h5-6,8-9H,3-4,7,13H2,1-2H3,(H,15,16). The molecular formula is C12H19N5O. The average molecular weight is 249 g/mol. The largest absolute Gasteiger partial charge is 0.334 e. The highest BCUT2D eigenvalue weighted by molar-refractivity contribution is 5.92. The molecule has 1 aromatic heterocycles. The Morgan fingerprint density at radius 2 is 2.22 bits per heavy atom. The second-order valence-electron chi connectivity index (χ2n) is 5.01. The van der Waals surface area contributed by atoms with Gasteiger partial charge in [-0.3, -0.25) is 4.79 Å². The molecule has 6 heteroatoms. The number of rotatable bonds is 5. The molecule has 1 amide bonds. The minimum Gasteiger partial charge on any atom is -0.334 e. The number of nitrogens with one attached hydrogen (secondary N) is 1. The van der Waals surface area contributed by atoms with E-state index in [-0.39, 0.29) is 5.91 Å². The van der Waals surface area contributed by atoms with E-state index in [9.17, 15) is 4.79 Å². The molecule has 1 aliphatic rings. The molecule has 0 unspecified atom stereocenters. The number of nitrogens with zero attached hydrogens (tertiary/aromatic N) is 3. The van der Waals surface area contributed by atoms with E-state index in [0.29, 0.717) is 23.5 Å². The monoisotopic (exact) mass is 249 g/mol. The zero-order valence-corrected chi connectivity index (χ0v) is 10.8. The minimum atomic E-state index is -0.0396. The van der Waals surface area contributed by atoms with Gasteiger partial charge in [-0.2, -0.15) is 0 Å². The number of nitrogens with two attached hydrogens (primary N) is 1. The Morgan fingerprint density at radius 3 is 2.67 bits per heavy atom. The van der Waals surface area contributed by atoms with Crippen LogP contribution in [0.3, 0.4) is 0 Å². The molecule has 0 atom stereocenters. The summed E-state index contributed by atoms with van der Waals surface area (Å²) in [6.07, 6.45) is 5.11. The van der Waals surface area contributed by atoms with Crippen LogP contribution in [-0.2, 0) is 0 Å². The SMILES string of the molecule is CC(C)CN(C(=O)c1cnc(NN)cn1)C1CC1. The Kier molecular flexibility index (Phi) is 3.76. The Bertz CT molecular complexity index is 413. The fourth-order valence-corrected chi connectivity index (χ4v) is 1.84. The Morgan fingerprint density at radius 1 is 1.50 bits per heavy atom. The van der Waals surface area contributed by atoms with E-state index in [4.69, 9.17) is 5.84 Å². The summed E-state index contributed by atoms with van der Waals surface area (Å²) < 4.78 is 0. The molecule has 0 spiro atoms. The van der Waals surface area contributed by atoms with Crippen molar-refractivity contribution < 1.29 is 4.79 Å². The van der Waals surface area contributed by atoms with Gasteiger partial charge in [0.1, 0.15) is 5.69 Å². The van der Waals surface area contributed by atoms with Crippen LogP contribution in [0.2, 0.25) is 0 Å². The zero-order chi connectivity index (χ0) is 13.1. The zero-order valence-electron chi connectivity index (χ0n) is 10.8. The summed E-state index contributed by atoms with van der Waals surface area (Å²) in [6.45, 7) is 4.98. The van der Waals surface area contributed by atoms with Crippen molar-refractivity contribution in [3.63, 3.8) is 0 Å². The maximum absolute atomic E-state index is 12.3. The van der Waals surface area contributed by atoms with Crippen molar-refractivity contribution >= 4 is 11.7 Å². The molecule has 0 saturated heterocycles. The Hall–Kier alpha value is -1.69. The summed E-state index contributed by atoms with van der Waals surface area (Å²) in [4.78, 5) is 22.3. The number of hydrogen-bond acceptors (Lipinski definition) is 5. The molecule has 98 valence electrons. The third-order valence-electron chi connectivity index (χ3n) is 2.83. The van der Waals surface area contributed by atoms with E-state index in [2.05, 4.69) is 29.2 Å². The van der Waals surface area contributed by atoms with Gasteiger partial charge >= 0.3 is 0 Å². The normalized spacial score (nSPS) is 14.7. The summed E-state index contributed by atoms with van der Waals surface area (Å²) in [5.41, 5.74) is 2.77. The van der Waals surface area contributed by atoms with Gasteiger partial charge in [-0.25, -0.2) is 15.8 Å². The van der Waals surface area contributed by atoms with Gasteiger partial charge in [-0.1, -0.05) is 13.8 Å². The number of hydrogen-bond donors (Lipinski definition) is 2. The average Bonchev–Trinajstić information content (AvgIpc) is 3.19. The van der Waals surface area contributed by atoms with Gasteiger partial charge in [0, 0.05) is 12.6 Å². The summed E-state index contributed by atoms with van der Waals surface area (Å²) in [5, 5.41) is 0. The van der Waals surface area contributed by atoms with E-state index < -0.39 is 0 Å². The number of anilines is 1. The highest BCUT2D eigenvalue weighted by atomic mass is 16.2. The van der Waals surface area contributed by atoms with Crippen LogP contribution in [-0.4, -0.2) is 33.4 Å². The number of aromatic nitrogens is 2. The van der Waals surface area contributed by atoms with Crippen LogP contribution in [0.4, 0.5) is 5.82 Å². The number of amides is 1. The third kappa shape index (κ3) is 2.95. The highest BCUT2D eigenvalue weighted by Crippen LogP contribution is 2.28. The minimum absolute atomic E-state index is 0.0396. The van der Waals surface area contributed by atoms with Crippen molar-refractivity contribution in [3.8, 4) is 0 Å². The van der Waals surface area contributed by atoms with Crippen LogP contribution in [0.25, 0.3) is 0 Å². The fourth-order valence-electron chi connectivity index (χ4n) is 1.84. The molecule has 6 nitrogen and oxygen atoms in total. The predicted octanol–water partition coefficient (Wildman–Crippen LogP) is 1.02. The van der Waals surface area contributed by atoms with E-state index in [1.165, 1.54) is 12.4 Å². The van der Waals surface area contributed by atoms with E-state index >= 15 is 0 Å². The van der Waals surface area contributed by atoms with Gasteiger partial charge in [0.2, 0.25) is 0 Å². The molecule has 1 saturated carbocycles. The maximum Gasteiger partial charge on any atom is 0.274 e. The van der Waals surface area contributed by atoms with Crippen molar-refractivity contribution in [3.05, 3.63) is 18.1 Å². The lowest BCUT2D eigenvalue weighted by Gasteiger charge is -2.23. The summed E-state index contributed by atoms with van der Waals surface area (Å²) in [7, 11) is 0. The van der Waals surface area contributed by atoms with Crippen LogP contribution in [0, 0.1) is 5.92 Å². The van der Waals surface area contributed by atoms with Crippen molar-refractivity contribution in [2.45, 2.75) is 32.7 Å². The quantitative estimate of drug-likeness (QED) is 0.601. The van der Waals surface area contributed by atoms with E-state index in [1.807, 2.05) is 4.90 Å². The molecule has 0 aliphatic heterocycles. The lowest BCUT2D eigenvalue weighted by atomic mass is 10.2. The van der Waals surface area contributed by atoms with E-state index in [1.54, 1.807) is 0 Å². The lowest BCUT2D eigenvalue weighted by molar-refractivity contribution is 0.0716. The van der Waals surface area contributed by atoms with Crippen LogP contribution in [0.5, 0.6) is 0 Å². The predicted molar refractivity (Wildman–Crippen MR) is 68.7 cm³/mol. The van der Waals surface area contributed by atoms with Gasteiger partial charge in [0.15, 0.2) is 5.82 Å². The van der Waals surface area contributed by atoms with Crippen molar-refractivity contribution in [2.75, 3.05) is 12.0 Å². The first kappa shape index (κ1) is 12.8. The smallest absolute Gasteiger partial charge is 0.274 e. The maximum atomic E-state index is 12.3. The summed E-state index contributed by atoms with van der Waals surface area (Å²) >= 11 is 0. The molecule has 0 radical (unpaired) electrons. The number of carbonyl (C=O) groups excluding carboxylic acids is 1. The van der Waals surface area contributed by atoms with Crippen LogP contribution >= 0.6 is 0 Å². The fraction of sp³-hybridized carbons (Fsp3) is 0.583. The molecule has 18 heavy (non-hydrogen) atoms. The first-order valence-corrected chi connectivity index (χ1v) is 6.21. The van der Waals surface area contributed by atoms with Crippen LogP contribution in [0.15, 0.2) is 12.4 Å². The molecule has 2 rings (SSSR count). The molecule has 0 aromatic carbocycles. The topological polar surface area (TPSA) is 84.1 Å². The second-order valence-corrected chi connectivity index (χ2v) is 5.01. The van der Waals surface area contributed by atoms with Gasteiger partial charge < -0.3 is 10.3 Å². The molecule has 0 bridgehead atoms. The summed E-state index contributed by atoms with van der Waals surface area (Å²) in [5.74, 6) is 6.08. The molecule has 1 heterocycles. The molecule has 1 aliphatic carbocycles. The third-order valence-corrected chi connectivity index (χ3v) is 2.83. The first-order chi connectivity index (χ1) is 8.61. The first-order valence-electron chi connectivity index (χ1n) is 6.21. The van der Waals surface area contributed by atoms with Crippen molar-refractivity contribution in [2.24, 2.45) is 11.8 Å². The molecule has 1 aromatic rings. The van der Waals surface area contributed by atoms with Crippen molar-refractivity contribution in [1.82, 2.24) is 14.9 Å². The molecule has 3 N–H and O–H groups in total. The van der Waals surface area contributed by atoms with Crippen LogP contribution < -0.4 is 11.3 Å². The lowest BCUT2D eigenvalue weighted by Crippen LogP contribution is -2.36. The molecular weight excluding hydrogens is 230 g/mol. The molecule has 1 fully saturated rings. The van der Waals surface area contributed by atoms with E-state index in [0.717, 1.165) is 19.4 Å². The summed E-state index contributed by atoms with van der Waals surface area (Å²) in [6, 6.07) is 0.383.